The summed E-state index contributed by atoms with van der Waals surface area (Å²) in [7, 11) is 0. The van der Waals surface area contributed by atoms with Crippen LogP contribution in [-0.2, 0) is 9.59 Å². The van der Waals surface area contributed by atoms with Crippen molar-refractivity contribution in [2.75, 3.05) is 16.8 Å². The van der Waals surface area contributed by atoms with Gasteiger partial charge in [-0.05, 0) is 48.9 Å². The van der Waals surface area contributed by atoms with Crippen LogP contribution in [0.4, 0.5) is 11.4 Å². The first-order valence-electron chi connectivity index (χ1n) is 12.1. The summed E-state index contributed by atoms with van der Waals surface area (Å²) < 4.78 is 5.87. The van der Waals surface area contributed by atoms with Crippen molar-refractivity contribution in [2.45, 2.75) is 70.9 Å². The van der Waals surface area contributed by atoms with Crippen molar-refractivity contribution in [1.29, 1.82) is 0 Å². The van der Waals surface area contributed by atoms with Crippen LogP contribution in [0, 0.1) is 5.41 Å². The summed E-state index contributed by atoms with van der Waals surface area (Å²) in [5.74, 6) is 0.779. The second kappa shape index (κ2) is 8.73. The van der Waals surface area contributed by atoms with Gasteiger partial charge in [0.1, 0.15) is 11.8 Å². The number of furan rings is 1. The fraction of sp³-hybridized carbons (Fsp3) is 0.481. The van der Waals surface area contributed by atoms with Gasteiger partial charge in [0, 0.05) is 23.7 Å². The lowest BCUT2D eigenvalue weighted by Crippen LogP contribution is -2.45. The molecule has 1 fully saturated rings. The highest BCUT2D eigenvalue weighted by atomic mass is 16.3. The lowest BCUT2D eigenvalue weighted by molar-refractivity contribution is -0.121. The molecular formula is C27H33N3O3. The van der Waals surface area contributed by atoms with Gasteiger partial charge in [0.2, 0.25) is 5.91 Å². The number of hydrogen-bond donors (Lipinski definition) is 2. The van der Waals surface area contributed by atoms with Crippen LogP contribution >= 0.6 is 0 Å². The number of Topliss-reactive ketones (excluding diaryl/α,β-unsaturated/α-hetero) is 1. The van der Waals surface area contributed by atoms with Crippen LogP contribution in [0.15, 0.2) is 58.3 Å². The Kier molecular flexibility index (Phi) is 5.77. The van der Waals surface area contributed by atoms with Gasteiger partial charge in [-0.2, -0.15) is 0 Å². The number of nitrogens with zero attached hydrogens (tertiary/aromatic N) is 1. The number of rotatable bonds is 4. The standard InChI is InChI=1S/C27H33N3O3/c1-27(2)15-20-25(22(31)16-27)26(23-13-8-14-33-23)30(21-12-7-6-11-19(21)29-20)17-24(32)28-18-9-4-3-5-10-18/h6-8,11-14,18,26,29H,3-5,9-10,15-17H2,1-2H3,(H,28,32). The fourth-order valence-corrected chi connectivity index (χ4v) is 5.64. The zero-order valence-corrected chi connectivity index (χ0v) is 19.5. The number of nitrogens with one attached hydrogen (secondary N) is 2. The van der Waals surface area contributed by atoms with Crippen LogP contribution in [0.3, 0.4) is 0 Å². The molecule has 2 heterocycles. The van der Waals surface area contributed by atoms with Crippen LogP contribution in [0.5, 0.6) is 0 Å². The molecule has 1 aromatic heterocycles. The number of para-hydroxylation sites is 2. The van der Waals surface area contributed by atoms with Gasteiger partial charge in [0.05, 0.1) is 24.2 Å². The second-order valence-electron chi connectivity index (χ2n) is 10.4. The first-order chi connectivity index (χ1) is 15.9. The minimum Gasteiger partial charge on any atom is -0.467 e. The van der Waals surface area contributed by atoms with E-state index in [2.05, 4.69) is 24.5 Å². The zero-order chi connectivity index (χ0) is 23.0. The molecule has 2 aliphatic carbocycles. The summed E-state index contributed by atoms with van der Waals surface area (Å²) in [5.41, 5.74) is 3.33. The minimum absolute atomic E-state index is 0.0131. The molecular weight excluding hydrogens is 414 g/mol. The molecule has 6 nitrogen and oxygen atoms in total. The van der Waals surface area contributed by atoms with Gasteiger partial charge in [-0.3, -0.25) is 9.59 Å². The molecule has 33 heavy (non-hydrogen) atoms. The molecule has 0 radical (unpaired) electrons. The summed E-state index contributed by atoms with van der Waals surface area (Å²) in [5, 5.41) is 6.81. The largest absolute Gasteiger partial charge is 0.467 e. The highest BCUT2D eigenvalue weighted by Gasteiger charge is 2.43. The number of benzene rings is 1. The SMILES string of the molecule is CC1(C)CC(=O)C2=C(C1)Nc1ccccc1N(CC(=O)NC1CCCCC1)C2c1ccco1. The van der Waals surface area contributed by atoms with E-state index in [0.29, 0.717) is 17.8 Å². The number of carbonyl (C=O) groups excluding carboxylic acids is 2. The van der Waals surface area contributed by atoms with Gasteiger partial charge < -0.3 is 20.0 Å². The molecule has 0 bridgehead atoms. The van der Waals surface area contributed by atoms with E-state index in [0.717, 1.165) is 49.2 Å². The molecule has 1 amide bonds. The first-order valence-corrected chi connectivity index (χ1v) is 12.1. The third-order valence-corrected chi connectivity index (χ3v) is 7.10. The molecule has 174 valence electrons. The second-order valence-corrected chi connectivity index (χ2v) is 10.4. The molecule has 2 N–H and O–H groups in total. The maximum Gasteiger partial charge on any atom is 0.239 e. The Hall–Kier alpha value is -3.02. The molecule has 0 saturated heterocycles. The smallest absolute Gasteiger partial charge is 0.239 e. The Morgan fingerprint density at radius 3 is 2.67 bits per heavy atom. The number of anilines is 2. The minimum atomic E-state index is -0.452. The van der Waals surface area contributed by atoms with Gasteiger partial charge in [-0.15, -0.1) is 0 Å². The number of ketones is 1. The molecule has 3 aliphatic rings. The van der Waals surface area contributed by atoms with Crippen LogP contribution in [0.1, 0.15) is 70.6 Å². The molecule has 1 aromatic carbocycles. The van der Waals surface area contributed by atoms with Crippen molar-refractivity contribution < 1.29 is 14.0 Å². The molecule has 6 heteroatoms. The van der Waals surface area contributed by atoms with Gasteiger partial charge in [0.25, 0.3) is 0 Å². The van der Waals surface area contributed by atoms with Crippen molar-refractivity contribution >= 4 is 23.1 Å². The summed E-state index contributed by atoms with van der Waals surface area (Å²) in [6, 6.07) is 11.5. The fourth-order valence-electron chi connectivity index (χ4n) is 5.64. The summed E-state index contributed by atoms with van der Waals surface area (Å²) in [6.07, 6.45) is 8.52. The Bertz CT molecular complexity index is 1060. The Morgan fingerprint density at radius 1 is 1.12 bits per heavy atom. The van der Waals surface area contributed by atoms with E-state index in [1.165, 1.54) is 6.42 Å². The van der Waals surface area contributed by atoms with E-state index >= 15 is 0 Å². The van der Waals surface area contributed by atoms with Gasteiger partial charge in [-0.25, -0.2) is 0 Å². The van der Waals surface area contributed by atoms with E-state index < -0.39 is 6.04 Å². The van der Waals surface area contributed by atoms with Crippen molar-refractivity contribution in [1.82, 2.24) is 5.32 Å². The number of amides is 1. The summed E-state index contributed by atoms with van der Waals surface area (Å²) >= 11 is 0. The average molecular weight is 448 g/mol. The molecule has 1 saturated carbocycles. The Morgan fingerprint density at radius 2 is 1.91 bits per heavy atom. The van der Waals surface area contributed by atoms with E-state index in [1.807, 2.05) is 41.3 Å². The third-order valence-electron chi connectivity index (χ3n) is 7.10. The number of carbonyl (C=O) groups is 2. The van der Waals surface area contributed by atoms with Gasteiger partial charge >= 0.3 is 0 Å². The normalized spacial score (nSPS) is 22.8. The molecule has 0 spiro atoms. The maximum atomic E-state index is 13.5. The Balaban J connectivity index is 1.57. The molecule has 1 aliphatic heterocycles. The van der Waals surface area contributed by atoms with Crippen LogP contribution in [-0.4, -0.2) is 24.3 Å². The van der Waals surface area contributed by atoms with Crippen molar-refractivity contribution in [2.24, 2.45) is 5.41 Å². The van der Waals surface area contributed by atoms with E-state index in [4.69, 9.17) is 4.42 Å². The number of hydrogen-bond acceptors (Lipinski definition) is 5. The first kappa shape index (κ1) is 21.8. The predicted molar refractivity (Wildman–Crippen MR) is 129 cm³/mol. The molecule has 1 unspecified atom stereocenters. The van der Waals surface area contributed by atoms with Crippen LogP contribution in [0.2, 0.25) is 0 Å². The third kappa shape index (κ3) is 4.43. The van der Waals surface area contributed by atoms with Crippen LogP contribution < -0.4 is 15.5 Å². The van der Waals surface area contributed by atoms with E-state index in [1.54, 1.807) is 6.26 Å². The molecule has 1 atom stereocenters. The highest BCUT2D eigenvalue weighted by molar-refractivity contribution is 6.01. The highest BCUT2D eigenvalue weighted by Crippen LogP contribution is 2.48. The monoisotopic (exact) mass is 447 g/mol. The lowest BCUT2D eigenvalue weighted by atomic mass is 9.74. The maximum absolute atomic E-state index is 13.5. The van der Waals surface area contributed by atoms with Crippen molar-refractivity contribution in [3.05, 3.63) is 59.7 Å². The molecule has 5 rings (SSSR count). The predicted octanol–water partition coefficient (Wildman–Crippen LogP) is 5.34. The van der Waals surface area contributed by atoms with E-state index in [9.17, 15) is 9.59 Å². The van der Waals surface area contributed by atoms with Crippen molar-refractivity contribution in [3.8, 4) is 0 Å². The molecule has 2 aromatic rings. The lowest BCUT2D eigenvalue weighted by Gasteiger charge is -2.37. The summed E-state index contributed by atoms with van der Waals surface area (Å²) in [4.78, 5) is 28.8. The van der Waals surface area contributed by atoms with Gasteiger partial charge in [0.15, 0.2) is 5.78 Å². The topological polar surface area (TPSA) is 74.6 Å². The van der Waals surface area contributed by atoms with Crippen molar-refractivity contribution in [3.63, 3.8) is 0 Å². The Labute approximate surface area is 195 Å². The number of allylic oxidation sites excluding steroid dienone is 1. The zero-order valence-electron chi connectivity index (χ0n) is 19.5. The van der Waals surface area contributed by atoms with E-state index in [-0.39, 0.29) is 29.7 Å². The average Bonchev–Trinajstić information content (AvgIpc) is 3.26. The van der Waals surface area contributed by atoms with Crippen LogP contribution in [0.25, 0.3) is 0 Å². The summed E-state index contributed by atoms with van der Waals surface area (Å²) in [6.45, 7) is 4.42. The quantitative estimate of drug-likeness (QED) is 0.661. The number of fused-ring (bicyclic) bond motifs is 1. The van der Waals surface area contributed by atoms with Gasteiger partial charge in [-0.1, -0.05) is 45.2 Å².